The first-order valence-corrected chi connectivity index (χ1v) is 10.0. The van der Waals surface area contributed by atoms with Gasteiger partial charge < -0.3 is 10.0 Å². The van der Waals surface area contributed by atoms with Gasteiger partial charge in [0.05, 0.1) is 5.70 Å². The van der Waals surface area contributed by atoms with Gasteiger partial charge in [0.2, 0.25) is 0 Å². The number of phenols is 1. The summed E-state index contributed by atoms with van der Waals surface area (Å²) in [5, 5.41) is 9.47. The fourth-order valence-electron chi connectivity index (χ4n) is 2.17. The van der Waals surface area contributed by atoms with Crippen LogP contribution in [0.15, 0.2) is 70.7 Å². The topological polar surface area (TPSA) is 35.8 Å². The van der Waals surface area contributed by atoms with Crippen molar-refractivity contribution in [3.05, 3.63) is 71.9 Å². The number of allylic oxidation sites excluding steroid dienone is 1. The lowest BCUT2D eigenvalue weighted by atomic mass is 10.1. The van der Waals surface area contributed by atoms with Crippen molar-refractivity contribution < 1.29 is 5.11 Å². The summed E-state index contributed by atoms with van der Waals surface area (Å²) < 4.78 is 0. The van der Waals surface area contributed by atoms with Gasteiger partial charge in [-0.25, -0.2) is 4.99 Å². The van der Waals surface area contributed by atoms with Crippen LogP contribution >= 0.6 is 12.6 Å². The zero-order valence-electron chi connectivity index (χ0n) is 18.0. The molecule has 0 amide bonds. The van der Waals surface area contributed by atoms with E-state index in [1.165, 1.54) is 0 Å². The Balaban J connectivity index is 0.00000184. The largest absolute Gasteiger partial charge is 0.508 e. The summed E-state index contributed by atoms with van der Waals surface area (Å²) in [7, 11) is 1.99. The van der Waals surface area contributed by atoms with Gasteiger partial charge in [0, 0.05) is 23.7 Å². The lowest BCUT2D eigenvalue weighted by molar-refractivity contribution is 0.475. The average Bonchev–Trinajstić information content (AvgIpc) is 2.76. The Morgan fingerprint density at radius 1 is 1.07 bits per heavy atom. The number of nitrogens with zero attached hydrogens (tertiary/aromatic N) is 2. The Labute approximate surface area is 181 Å². The molecule has 0 aliphatic heterocycles. The number of terminal acetylenes is 1. The second-order valence-electron chi connectivity index (χ2n) is 5.73. The molecule has 1 N–H and O–H groups in total. The van der Waals surface area contributed by atoms with E-state index in [0.29, 0.717) is 0 Å². The van der Waals surface area contributed by atoms with Crippen LogP contribution in [0.5, 0.6) is 5.75 Å². The van der Waals surface area contributed by atoms with Gasteiger partial charge in [-0.15, -0.1) is 25.5 Å². The number of phenolic OH excluding ortho intramolecular Hbond substituents is 1. The molecule has 2 aromatic rings. The highest BCUT2D eigenvalue weighted by Crippen LogP contribution is 2.23. The van der Waals surface area contributed by atoms with Gasteiger partial charge in [0.25, 0.3) is 0 Å². The van der Waals surface area contributed by atoms with Gasteiger partial charge >= 0.3 is 0 Å². The van der Waals surface area contributed by atoms with Crippen LogP contribution in [0.1, 0.15) is 45.2 Å². The van der Waals surface area contributed by atoms with Crippen LogP contribution in [0.2, 0.25) is 0 Å². The third-order valence-corrected chi connectivity index (χ3v) is 4.02. The molecule has 0 heterocycles. The first-order chi connectivity index (χ1) is 14.0. The van der Waals surface area contributed by atoms with E-state index in [9.17, 15) is 5.11 Å². The highest BCUT2D eigenvalue weighted by molar-refractivity contribution is 7.80. The molecule has 3 nitrogen and oxygen atoms in total. The first kappa shape index (κ1) is 26.1. The fourth-order valence-corrected chi connectivity index (χ4v) is 2.31. The monoisotopic (exact) mass is 408 g/mol. The lowest BCUT2D eigenvalue weighted by Gasteiger charge is -2.14. The van der Waals surface area contributed by atoms with E-state index in [0.717, 1.165) is 34.0 Å². The van der Waals surface area contributed by atoms with Crippen molar-refractivity contribution in [3.63, 3.8) is 0 Å². The Hall–Kier alpha value is -2.90. The first-order valence-electron chi connectivity index (χ1n) is 9.58. The molecule has 2 rings (SSSR count). The van der Waals surface area contributed by atoms with Crippen molar-refractivity contribution in [3.8, 4) is 18.6 Å². The molecule has 4 heteroatoms. The number of amidine groups is 1. The van der Waals surface area contributed by atoms with E-state index in [2.05, 4.69) is 38.5 Å². The maximum atomic E-state index is 9.47. The van der Waals surface area contributed by atoms with E-state index < -0.39 is 0 Å². The summed E-state index contributed by atoms with van der Waals surface area (Å²) in [6.07, 6.45) is 15.1. The number of benzene rings is 2. The van der Waals surface area contributed by atoms with Gasteiger partial charge in [0.15, 0.2) is 0 Å². The zero-order valence-corrected chi connectivity index (χ0v) is 18.9. The van der Waals surface area contributed by atoms with Gasteiger partial charge in [-0.2, -0.15) is 0 Å². The van der Waals surface area contributed by atoms with Crippen molar-refractivity contribution in [1.29, 1.82) is 0 Å². The summed E-state index contributed by atoms with van der Waals surface area (Å²) in [5.74, 6) is 1.15. The highest BCUT2D eigenvalue weighted by Gasteiger charge is 2.04. The standard InChI is InChI=1S/C21H24N2OS.C2H6.C2H2/c1-4-5-14-23(3)16(2)22-21(18-8-12-20(25)13-9-18)15-17-6-10-19(24)11-7-17;2*1-2/h5-15,24-25H,4H2,1-3H3;1-2H3;1-2H/b14-5-,21-15+,22-16?;;. The number of rotatable bonds is 5. The van der Waals surface area contributed by atoms with Crippen LogP contribution in [0.3, 0.4) is 0 Å². The summed E-state index contributed by atoms with van der Waals surface area (Å²) >= 11 is 4.35. The van der Waals surface area contributed by atoms with Gasteiger partial charge in [0.1, 0.15) is 11.6 Å². The van der Waals surface area contributed by atoms with Crippen LogP contribution in [-0.4, -0.2) is 22.9 Å². The second-order valence-corrected chi connectivity index (χ2v) is 6.25. The SMILES string of the molecule is C#C.CC.CC/C=C\N(C)C(C)=N/C(=C/c1ccc(O)cc1)c1ccc(S)cc1. The molecule has 2 aromatic carbocycles. The van der Waals surface area contributed by atoms with Crippen molar-refractivity contribution >= 4 is 30.2 Å². The van der Waals surface area contributed by atoms with E-state index in [1.807, 2.05) is 81.4 Å². The van der Waals surface area contributed by atoms with E-state index in [1.54, 1.807) is 12.1 Å². The quantitative estimate of drug-likeness (QED) is 0.189. The molecule has 0 atom stereocenters. The van der Waals surface area contributed by atoms with Gasteiger partial charge in [-0.3, -0.25) is 0 Å². The smallest absolute Gasteiger partial charge is 0.115 e. The van der Waals surface area contributed by atoms with Gasteiger partial charge in [-0.05, 0) is 49.2 Å². The van der Waals surface area contributed by atoms with Crippen molar-refractivity contribution in [2.75, 3.05) is 7.05 Å². The maximum absolute atomic E-state index is 9.47. The van der Waals surface area contributed by atoms with Crippen molar-refractivity contribution in [2.45, 2.75) is 39.0 Å². The van der Waals surface area contributed by atoms with E-state index >= 15 is 0 Å². The number of thiol groups is 1. The molecule has 0 unspecified atom stereocenters. The van der Waals surface area contributed by atoms with Crippen LogP contribution in [0, 0.1) is 12.8 Å². The molecular formula is C25H32N2OS. The number of aliphatic imine (C=N–C) groups is 1. The zero-order chi connectivity index (χ0) is 22.2. The summed E-state index contributed by atoms with van der Waals surface area (Å²) in [5.41, 5.74) is 2.84. The predicted molar refractivity (Wildman–Crippen MR) is 131 cm³/mol. The Kier molecular flexibility index (Phi) is 13.6. The molecule has 0 bridgehead atoms. The number of aromatic hydroxyl groups is 1. The molecule has 0 aromatic heterocycles. The third-order valence-electron chi connectivity index (χ3n) is 3.72. The number of hydrogen-bond acceptors (Lipinski definition) is 3. The minimum absolute atomic E-state index is 0.252. The Morgan fingerprint density at radius 2 is 1.62 bits per heavy atom. The minimum atomic E-state index is 0.252. The maximum Gasteiger partial charge on any atom is 0.115 e. The average molecular weight is 409 g/mol. The van der Waals surface area contributed by atoms with Crippen LogP contribution < -0.4 is 0 Å². The van der Waals surface area contributed by atoms with E-state index in [4.69, 9.17) is 4.99 Å². The molecule has 29 heavy (non-hydrogen) atoms. The molecule has 154 valence electrons. The Morgan fingerprint density at radius 3 is 2.14 bits per heavy atom. The predicted octanol–water partition coefficient (Wildman–Crippen LogP) is 6.73. The highest BCUT2D eigenvalue weighted by atomic mass is 32.1. The van der Waals surface area contributed by atoms with Crippen LogP contribution in [0.4, 0.5) is 0 Å². The summed E-state index contributed by atoms with van der Waals surface area (Å²) in [4.78, 5) is 7.73. The van der Waals surface area contributed by atoms with E-state index in [-0.39, 0.29) is 5.75 Å². The third kappa shape index (κ3) is 9.73. The van der Waals surface area contributed by atoms with Crippen molar-refractivity contribution in [1.82, 2.24) is 4.90 Å². The lowest BCUT2D eigenvalue weighted by Crippen LogP contribution is -2.17. The van der Waals surface area contributed by atoms with Crippen molar-refractivity contribution in [2.24, 2.45) is 4.99 Å². The normalized spacial score (nSPS) is 11.2. The molecule has 0 aliphatic carbocycles. The van der Waals surface area contributed by atoms with Crippen LogP contribution in [0.25, 0.3) is 11.8 Å². The summed E-state index contributed by atoms with van der Waals surface area (Å²) in [6.45, 7) is 8.09. The molecule has 0 spiro atoms. The molecule has 0 saturated carbocycles. The Bertz CT molecular complexity index is 816. The molecular weight excluding hydrogens is 376 g/mol. The second kappa shape index (κ2) is 15.1. The van der Waals surface area contributed by atoms with Gasteiger partial charge in [-0.1, -0.05) is 51.1 Å². The molecule has 0 fully saturated rings. The fraction of sp³-hybridized carbons (Fsp3) is 0.240. The van der Waals surface area contributed by atoms with Crippen LogP contribution in [-0.2, 0) is 0 Å². The number of hydrogen-bond donors (Lipinski definition) is 2. The molecule has 0 aliphatic rings. The minimum Gasteiger partial charge on any atom is -0.508 e. The molecule has 0 saturated heterocycles. The molecule has 0 radical (unpaired) electrons. The summed E-state index contributed by atoms with van der Waals surface area (Å²) in [6, 6.07) is 15.0.